The summed E-state index contributed by atoms with van der Waals surface area (Å²) in [5.74, 6) is 2.10. The molecule has 0 aliphatic carbocycles. The first-order valence-corrected chi connectivity index (χ1v) is 7.04. The Morgan fingerprint density at radius 1 is 1.10 bits per heavy atom. The van der Waals surface area contributed by atoms with E-state index >= 15 is 0 Å². The van der Waals surface area contributed by atoms with Crippen molar-refractivity contribution in [2.75, 3.05) is 27.9 Å². The Morgan fingerprint density at radius 3 is 2.30 bits per heavy atom. The third-order valence-electron chi connectivity index (χ3n) is 3.63. The van der Waals surface area contributed by atoms with Gasteiger partial charge in [-0.05, 0) is 32.0 Å². The lowest BCUT2D eigenvalue weighted by Crippen LogP contribution is -2.26. The van der Waals surface area contributed by atoms with Gasteiger partial charge in [0.05, 0.1) is 33.0 Å². The molecule has 0 amide bonds. The van der Waals surface area contributed by atoms with E-state index in [0.29, 0.717) is 12.5 Å². The Kier molecular flexibility index (Phi) is 6.82. The van der Waals surface area contributed by atoms with Gasteiger partial charge in [-0.3, -0.25) is 0 Å². The van der Waals surface area contributed by atoms with Gasteiger partial charge in [-0.15, -0.1) is 0 Å². The van der Waals surface area contributed by atoms with Crippen LogP contribution in [0.4, 0.5) is 0 Å². The molecular weight excluding hydrogens is 254 g/mol. The molecule has 1 aromatic carbocycles. The summed E-state index contributed by atoms with van der Waals surface area (Å²) < 4.78 is 16.6. The molecule has 1 rings (SSSR count). The van der Waals surface area contributed by atoms with Crippen molar-refractivity contribution >= 4 is 0 Å². The number of ether oxygens (including phenoxy) is 3. The lowest BCUT2D eigenvalue weighted by Gasteiger charge is -2.23. The third kappa shape index (κ3) is 4.39. The topological polar surface area (TPSA) is 39.7 Å². The molecule has 2 unspecified atom stereocenters. The summed E-state index contributed by atoms with van der Waals surface area (Å²) in [6, 6.07) is 5.94. The Balaban J connectivity index is 2.83. The van der Waals surface area contributed by atoms with Gasteiger partial charge in [0.15, 0.2) is 0 Å². The van der Waals surface area contributed by atoms with Gasteiger partial charge in [-0.1, -0.05) is 13.8 Å². The molecule has 20 heavy (non-hydrogen) atoms. The van der Waals surface area contributed by atoms with E-state index < -0.39 is 0 Å². The van der Waals surface area contributed by atoms with Crippen LogP contribution in [0.25, 0.3) is 0 Å². The number of rotatable bonds is 8. The summed E-state index contributed by atoms with van der Waals surface area (Å²) in [5, 5.41) is 3.28. The van der Waals surface area contributed by atoms with Crippen molar-refractivity contribution in [2.24, 2.45) is 5.92 Å². The van der Waals surface area contributed by atoms with Crippen molar-refractivity contribution in [1.82, 2.24) is 5.32 Å². The normalized spacial score (nSPS) is 14.2. The zero-order chi connectivity index (χ0) is 15.1. The van der Waals surface area contributed by atoms with Gasteiger partial charge < -0.3 is 19.5 Å². The van der Waals surface area contributed by atoms with Gasteiger partial charge in [0, 0.05) is 11.6 Å². The lowest BCUT2D eigenvalue weighted by atomic mass is 10.1. The number of hydrogen-bond acceptors (Lipinski definition) is 4. The molecule has 0 radical (unpaired) electrons. The Morgan fingerprint density at radius 2 is 1.80 bits per heavy atom. The second-order valence-electron chi connectivity index (χ2n) is 5.23. The van der Waals surface area contributed by atoms with Crippen molar-refractivity contribution in [3.8, 4) is 11.5 Å². The molecule has 2 atom stereocenters. The third-order valence-corrected chi connectivity index (χ3v) is 3.63. The molecule has 0 aliphatic rings. The first kappa shape index (κ1) is 16.8. The summed E-state index contributed by atoms with van der Waals surface area (Å²) in [6.07, 6.45) is 0.232. The number of hydrogen-bond donors (Lipinski definition) is 1. The van der Waals surface area contributed by atoms with E-state index in [9.17, 15) is 0 Å². The fourth-order valence-corrected chi connectivity index (χ4v) is 1.88. The SMILES string of the molecule is CNC(COC(C)C(C)C)c1ccc(OC)cc1OC. The zero-order valence-corrected chi connectivity index (χ0v) is 13.4. The van der Waals surface area contributed by atoms with E-state index in [4.69, 9.17) is 14.2 Å². The largest absolute Gasteiger partial charge is 0.497 e. The van der Waals surface area contributed by atoms with Gasteiger partial charge >= 0.3 is 0 Å². The fraction of sp³-hybridized carbons (Fsp3) is 0.625. The standard InChI is InChI=1S/C16H27NO3/c1-11(2)12(3)20-10-15(17-4)14-8-7-13(18-5)9-16(14)19-6/h7-9,11-12,15,17H,10H2,1-6H3. The monoisotopic (exact) mass is 281 g/mol. The van der Waals surface area contributed by atoms with Crippen molar-refractivity contribution in [1.29, 1.82) is 0 Å². The maximum atomic E-state index is 5.92. The summed E-state index contributed by atoms with van der Waals surface area (Å²) in [5.41, 5.74) is 1.08. The van der Waals surface area contributed by atoms with E-state index in [1.165, 1.54) is 0 Å². The van der Waals surface area contributed by atoms with Crippen LogP contribution in [0.2, 0.25) is 0 Å². The smallest absolute Gasteiger partial charge is 0.127 e. The van der Waals surface area contributed by atoms with Crippen LogP contribution in [0.5, 0.6) is 11.5 Å². The van der Waals surface area contributed by atoms with Crippen LogP contribution in [0.1, 0.15) is 32.4 Å². The van der Waals surface area contributed by atoms with Gasteiger partial charge in [0.25, 0.3) is 0 Å². The molecule has 1 N–H and O–H groups in total. The van der Waals surface area contributed by atoms with E-state index in [2.05, 4.69) is 26.1 Å². The molecule has 0 saturated heterocycles. The molecule has 0 heterocycles. The molecule has 4 nitrogen and oxygen atoms in total. The van der Waals surface area contributed by atoms with Gasteiger partial charge in [0.2, 0.25) is 0 Å². The van der Waals surface area contributed by atoms with Crippen molar-refractivity contribution < 1.29 is 14.2 Å². The Hall–Kier alpha value is -1.26. The highest BCUT2D eigenvalue weighted by Crippen LogP contribution is 2.29. The summed E-state index contributed by atoms with van der Waals surface area (Å²) in [4.78, 5) is 0. The number of nitrogens with one attached hydrogen (secondary N) is 1. The summed E-state index contributed by atoms with van der Waals surface area (Å²) in [6.45, 7) is 7.03. The number of benzene rings is 1. The number of methoxy groups -OCH3 is 2. The highest BCUT2D eigenvalue weighted by molar-refractivity contribution is 5.42. The second-order valence-corrected chi connectivity index (χ2v) is 5.23. The molecule has 0 saturated carbocycles. The van der Waals surface area contributed by atoms with E-state index in [1.807, 2.05) is 25.2 Å². The number of likely N-dealkylation sites (N-methyl/N-ethyl adjacent to an activating group) is 1. The molecule has 0 spiro atoms. The minimum atomic E-state index is 0.0945. The quantitative estimate of drug-likeness (QED) is 0.795. The van der Waals surface area contributed by atoms with Gasteiger partial charge in [0.1, 0.15) is 11.5 Å². The molecule has 0 bridgehead atoms. The average Bonchev–Trinajstić information content (AvgIpc) is 2.47. The second kappa shape index (κ2) is 8.12. The molecule has 0 aromatic heterocycles. The Labute approximate surface area is 122 Å². The minimum Gasteiger partial charge on any atom is -0.497 e. The molecule has 114 valence electrons. The maximum absolute atomic E-state index is 5.92. The zero-order valence-electron chi connectivity index (χ0n) is 13.4. The molecule has 4 heteroatoms. The van der Waals surface area contributed by atoms with E-state index in [-0.39, 0.29) is 12.1 Å². The van der Waals surface area contributed by atoms with E-state index in [0.717, 1.165) is 17.1 Å². The first-order valence-electron chi connectivity index (χ1n) is 7.04. The van der Waals surface area contributed by atoms with Crippen molar-refractivity contribution in [2.45, 2.75) is 32.9 Å². The van der Waals surface area contributed by atoms with E-state index in [1.54, 1.807) is 14.2 Å². The van der Waals surface area contributed by atoms with Crippen LogP contribution in [0.15, 0.2) is 18.2 Å². The van der Waals surface area contributed by atoms with Crippen molar-refractivity contribution in [3.05, 3.63) is 23.8 Å². The highest BCUT2D eigenvalue weighted by Gasteiger charge is 2.17. The van der Waals surface area contributed by atoms with Crippen LogP contribution in [-0.4, -0.2) is 34.0 Å². The van der Waals surface area contributed by atoms with Crippen LogP contribution < -0.4 is 14.8 Å². The highest BCUT2D eigenvalue weighted by atomic mass is 16.5. The predicted octanol–water partition coefficient (Wildman–Crippen LogP) is 3.03. The van der Waals surface area contributed by atoms with Crippen LogP contribution in [-0.2, 0) is 4.74 Å². The summed E-state index contributed by atoms with van der Waals surface area (Å²) in [7, 11) is 5.25. The fourth-order valence-electron chi connectivity index (χ4n) is 1.88. The molecule has 1 aromatic rings. The van der Waals surface area contributed by atoms with Gasteiger partial charge in [-0.2, -0.15) is 0 Å². The molecular formula is C16H27NO3. The lowest BCUT2D eigenvalue weighted by molar-refractivity contribution is 0.0225. The minimum absolute atomic E-state index is 0.0945. The van der Waals surface area contributed by atoms with Crippen molar-refractivity contribution in [3.63, 3.8) is 0 Å². The molecule has 0 aliphatic heterocycles. The summed E-state index contributed by atoms with van der Waals surface area (Å²) >= 11 is 0. The van der Waals surface area contributed by atoms with Crippen LogP contribution >= 0.6 is 0 Å². The van der Waals surface area contributed by atoms with Crippen LogP contribution in [0.3, 0.4) is 0 Å². The Bertz CT molecular complexity index is 407. The first-order chi connectivity index (χ1) is 9.53. The average molecular weight is 281 g/mol. The maximum Gasteiger partial charge on any atom is 0.127 e. The van der Waals surface area contributed by atoms with Crippen LogP contribution in [0, 0.1) is 5.92 Å². The van der Waals surface area contributed by atoms with Gasteiger partial charge in [-0.25, -0.2) is 0 Å². The predicted molar refractivity (Wildman–Crippen MR) is 81.6 cm³/mol. The molecule has 0 fully saturated rings.